The van der Waals surface area contributed by atoms with Gasteiger partial charge in [-0.05, 0) is 45.1 Å². The van der Waals surface area contributed by atoms with E-state index >= 15 is 0 Å². The molecule has 0 saturated heterocycles. The van der Waals surface area contributed by atoms with Crippen molar-refractivity contribution >= 4 is 28.7 Å². The number of nitrogens with zero attached hydrogens (tertiary/aromatic N) is 2. The number of nitrogens with one attached hydrogen (secondary N) is 2. The van der Waals surface area contributed by atoms with Crippen molar-refractivity contribution in [2.45, 2.75) is 27.3 Å². The van der Waals surface area contributed by atoms with Gasteiger partial charge in [-0.3, -0.25) is 4.68 Å². The van der Waals surface area contributed by atoms with E-state index < -0.39 is 41.2 Å². The molecule has 2 N–H and O–H groups in total. The van der Waals surface area contributed by atoms with E-state index in [4.69, 9.17) is 12.2 Å². The smallest absolute Gasteiger partial charge is 0.200 e. The Hall–Kier alpha value is -3.01. The van der Waals surface area contributed by atoms with Crippen molar-refractivity contribution in [3.05, 3.63) is 75.9 Å². The number of hydrogen-bond acceptors (Lipinski definition) is 2. The summed E-state index contributed by atoms with van der Waals surface area (Å²) in [6.45, 7) is 4.52. The van der Waals surface area contributed by atoms with E-state index in [-0.39, 0.29) is 5.11 Å². The first-order valence-electron chi connectivity index (χ1n) is 8.79. The lowest BCUT2D eigenvalue weighted by Gasteiger charge is -2.12. The fraction of sp³-hybridized carbons (Fsp3) is 0.200. The van der Waals surface area contributed by atoms with E-state index in [0.717, 1.165) is 15.9 Å². The van der Waals surface area contributed by atoms with Gasteiger partial charge in [0.1, 0.15) is 0 Å². The monoisotopic (exact) mass is 440 g/mol. The molecule has 1 heterocycles. The molecule has 3 aromatic rings. The largest absolute Gasteiger partial charge is 0.332 e. The fourth-order valence-corrected chi connectivity index (χ4v) is 3.10. The molecule has 0 amide bonds. The Morgan fingerprint density at radius 1 is 0.867 bits per heavy atom. The SMILES string of the molecule is Cc1ccc(NC(=S)Nc2c(C)nn(Cc3c(F)c(F)c(F)c(F)c3F)c2C)cc1. The summed E-state index contributed by atoms with van der Waals surface area (Å²) in [4.78, 5) is 0. The third-order valence-corrected chi connectivity index (χ3v) is 4.74. The maximum atomic E-state index is 14.0. The molecule has 4 nitrogen and oxygen atoms in total. The zero-order chi connectivity index (χ0) is 22.2. The van der Waals surface area contributed by atoms with Crippen LogP contribution in [0.2, 0.25) is 0 Å². The molecule has 3 rings (SSSR count). The molecular formula is C20H17F5N4S. The van der Waals surface area contributed by atoms with Crippen LogP contribution in [0.4, 0.5) is 33.3 Å². The minimum Gasteiger partial charge on any atom is -0.332 e. The van der Waals surface area contributed by atoms with Gasteiger partial charge >= 0.3 is 0 Å². The van der Waals surface area contributed by atoms with Crippen molar-refractivity contribution in [2.75, 3.05) is 10.6 Å². The van der Waals surface area contributed by atoms with Crippen molar-refractivity contribution < 1.29 is 22.0 Å². The number of halogens is 5. The highest BCUT2D eigenvalue weighted by Gasteiger charge is 2.26. The second-order valence-corrected chi connectivity index (χ2v) is 7.11. The zero-order valence-electron chi connectivity index (χ0n) is 16.2. The van der Waals surface area contributed by atoms with E-state index in [1.54, 1.807) is 13.8 Å². The Morgan fingerprint density at radius 3 is 1.97 bits per heavy atom. The number of aryl methyl sites for hydroxylation is 2. The van der Waals surface area contributed by atoms with E-state index in [1.807, 2.05) is 31.2 Å². The van der Waals surface area contributed by atoms with Gasteiger partial charge in [-0.2, -0.15) is 5.10 Å². The summed E-state index contributed by atoms with van der Waals surface area (Å²) >= 11 is 5.28. The van der Waals surface area contributed by atoms with Gasteiger partial charge in [-0.25, -0.2) is 22.0 Å². The molecule has 0 unspecified atom stereocenters. The molecule has 0 spiro atoms. The van der Waals surface area contributed by atoms with Crippen LogP contribution in [0.15, 0.2) is 24.3 Å². The molecule has 0 aliphatic rings. The number of aromatic nitrogens is 2. The minimum absolute atomic E-state index is 0.251. The summed E-state index contributed by atoms with van der Waals surface area (Å²) in [5.74, 6) is -9.95. The third kappa shape index (κ3) is 4.13. The molecule has 0 radical (unpaired) electrons. The predicted octanol–water partition coefficient (Wildman–Crippen LogP) is 5.36. The first-order valence-corrected chi connectivity index (χ1v) is 9.20. The lowest BCUT2D eigenvalue weighted by molar-refractivity contribution is 0.366. The van der Waals surface area contributed by atoms with Crippen molar-refractivity contribution in [1.82, 2.24) is 9.78 Å². The Kier molecular flexibility index (Phi) is 6.06. The van der Waals surface area contributed by atoms with Crippen LogP contribution in [0.3, 0.4) is 0 Å². The molecule has 0 fully saturated rings. The van der Waals surface area contributed by atoms with Crippen LogP contribution in [0.5, 0.6) is 0 Å². The van der Waals surface area contributed by atoms with Crippen molar-refractivity contribution in [2.24, 2.45) is 0 Å². The van der Waals surface area contributed by atoms with Crippen LogP contribution in [0, 0.1) is 49.9 Å². The van der Waals surface area contributed by atoms with Gasteiger partial charge in [-0.1, -0.05) is 17.7 Å². The molecule has 0 bridgehead atoms. The van der Waals surface area contributed by atoms with Crippen LogP contribution in [-0.2, 0) is 6.54 Å². The lowest BCUT2D eigenvalue weighted by Crippen LogP contribution is -2.20. The first kappa shape index (κ1) is 21.7. The normalized spacial score (nSPS) is 10.9. The fourth-order valence-electron chi connectivity index (χ4n) is 2.88. The quantitative estimate of drug-likeness (QED) is 0.248. The van der Waals surface area contributed by atoms with Gasteiger partial charge in [0.25, 0.3) is 0 Å². The van der Waals surface area contributed by atoms with E-state index in [1.165, 1.54) is 0 Å². The van der Waals surface area contributed by atoms with Gasteiger partial charge in [0, 0.05) is 5.69 Å². The van der Waals surface area contributed by atoms with Crippen molar-refractivity contribution in [3.8, 4) is 0 Å². The van der Waals surface area contributed by atoms with E-state index in [2.05, 4.69) is 15.7 Å². The average molecular weight is 440 g/mol. The summed E-state index contributed by atoms with van der Waals surface area (Å²) in [6, 6.07) is 7.50. The average Bonchev–Trinajstić information content (AvgIpc) is 2.97. The second kappa shape index (κ2) is 8.39. The molecule has 0 saturated carbocycles. The molecule has 0 aliphatic carbocycles. The Balaban J connectivity index is 1.84. The predicted molar refractivity (Wildman–Crippen MR) is 108 cm³/mol. The summed E-state index contributed by atoms with van der Waals surface area (Å²) < 4.78 is 69.3. The molecule has 1 aromatic heterocycles. The highest BCUT2D eigenvalue weighted by Crippen LogP contribution is 2.26. The lowest BCUT2D eigenvalue weighted by atomic mass is 10.1. The molecular weight excluding hydrogens is 423 g/mol. The van der Waals surface area contributed by atoms with Gasteiger partial charge in [0.2, 0.25) is 5.82 Å². The van der Waals surface area contributed by atoms with E-state index in [0.29, 0.717) is 17.1 Å². The van der Waals surface area contributed by atoms with Crippen molar-refractivity contribution in [1.29, 1.82) is 0 Å². The maximum Gasteiger partial charge on any atom is 0.200 e. The second-order valence-electron chi connectivity index (χ2n) is 6.70. The summed E-state index contributed by atoms with van der Waals surface area (Å²) in [6.07, 6.45) is 0. The number of benzene rings is 2. The topological polar surface area (TPSA) is 41.9 Å². The van der Waals surface area contributed by atoms with Gasteiger partial charge in [0.15, 0.2) is 28.4 Å². The number of anilines is 2. The van der Waals surface area contributed by atoms with Gasteiger partial charge < -0.3 is 10.6 Å². The van der Waals surface area contributed by atoms with Crippen LogP contribution >= 0.6 is 12.2 Å². The third-order valence-electron chi connectivity index (χ3n) is 4.54. The van der Waals surface area contributed by atoms with Crippen molar-refractivity contribution in [3.63, 3.8) is 0 Å². The minimum atomic E-state index is -2.20. The number of hydrogen-bond donors (Lipinski definition) is 2. The first-order chi connectivity index (χ1) is 14.1. The molecule has 158 valence electrons. The van der Waals surface area contributed by atoms with Crippen LogP contribution < -0.4 is 10.6 Å². The highest BCUT2D eigenvalue weighted by atomic mass is 32.1. The van der Waals surface area contributed by atoms with Gasteiger partial charge in [0.05, 0.1) is 29.2 Å². The van der Waals surface area contributed by atoms with Gasteiger partial charge in [-0.15, -0.1) is 0 Å². The van der Waals surface area contributed by atoms with E-state index in [9.17, 15) is 22.0 Å². The maximum absolute atomic E-state index is 14.0. The Morgan fingerprint density at radius 2 is 1.40 bits per heavy atom. The zero-order valence-corrected chi connectivity index (χ0v) is 17.0. The standard InChI is InChI=1S/C20H17F5N4S/c1-9-4-6-12(7-5-9)26-20(30)27-19-10(2)28-29(11(19)3)8-13-14(21)16(23)18(25)17(24)15(13)22/h4-7H,8H2,1-3H3,(H2,26,27,30). The summed E-state index contributed by atoms with van der Waals surface area (Å²) in [5.41, 5.74) is 2.17. The molecule has 30 heavy (non-hydrogen) atoms. The highest BCUT2D eigenvalue weighted by molar-refractivity contribution is 7.80. The van der Waals surface area contributed by atoms with Crippen LogP contribution in [0.25, 0.3) is 0 Å². The molecule has 2 aromatic carbocycles. The molecule has 0 atom stereocenters. The Bertz CT molecular complexity index is 1100. The summed E-state index contributed by atoms with van der Waals surface area (Å²) in [5, 5.41) is 10.3. The Labute approximate surface area is 174 Å². The number of thiocarbonyl (C=S) groups is 1. The number of rotatable bonds is 4. The van der Waals surface area contributed by atoms with Crippen LogP contribution in [-0.4, -0.2) is 14.9 Å². The summed E-state index contributed by atoms with van der Waals surface area (Å²) in [7, 11) is 0. The molecule has 10 heteroatoms. The van der Waals surface area contributed by atoms with Crippen LogP contribution in [0.1, 0.15) is 22.5 Å². The molecule has 0 aliphatic heterocycles.